The molecule has 0 aliphatic heterocycles. The summed E-state index contributed by atoms with van der Waals surface area (Å²) in [7, 11) is 6.52. The van der Waals surface area contributed by atoms with Gasteiger partial charge in [0, 0.05) is 47.3 Å². The largest absolute Gasteiger partial charge is 0.480 e. The van der Waals surface area contributed by atoms with E-state index in [0.29, 0.717) is 32.4 Å². The van der Waals surface area contributed by atoms with Crippen LogP contribution in [0.3, 0.4) is 0 Å². The van der Waals surface area contributed by atoms with Gasteiger partial charge in [0.15, 0.2) is 0 Å². The second kappa shape index (κ2) is 26.7. The molecule has 0 saturated carbocycles. The van der Waals surface area contributed by atoms with Crippen molar-refractivity contribution in [2.45, 2.75) is 124 Å². The van der Waals surface area contributed by atoms with Crippen LogP contribution in [-0.2, 0) is 46.3 Å². The number of carbonyl (C=O) groups is 6. The Kier molecular flexibility index (Phi) is 23.0. The van der Waals surface area contributed by atoms with Crippen LogP contribution in [0.5, 0.6) is 0 Å². The normalized spacial score (nSPS) is 15.4. The summed E-state index contributed by atoms with van der Waals surface area (Å²) in [5, 5.41) is 24.9. The van der Waals surface area contributed by atoms with Gasteiger partial charge in [0.1, 0.15) is 12.1 Å². The average Bonchev–Trinajstić information content (AvgIpc) is 3.25. The molecule has 0 saturated heterocycles. The number of methoxy groups -OCH3 is 2. The summed E-state index contributed by atoms with van der Waals surface area (Å²) in [4.78, 5) is 84.8. The average molecular weight is 882 g/mol. The van der Waals surface area contributed by atoms with Gasteiger partial charge in [-0.25, -0.2) is 9.59 Å². The molecule has 15 nitrogen and oxygen atoms in total. The third kappa shape index (κ3) is 16.3. The van der Waals surface area contributed by atoms with Gasteiger partial charge in [0.05, 0.1) is 42.2 Å². The number of carboxylic acids is 2. The zero-order chi connectivity index (χ0) is 47.6. The van der Waals surface area contributed by atoms with E-state index in [2.05, 4.69) is 10.6 Å². The molecule has 63 heavy (non-hydrogen) atoms. The first kappa shape index (κ1) is 54.3. The first-order chi connectivity index (χ1) is 29.7. The van der Waals surface area contributed by atoms with Crippen molar-refractivity contribution in [3.8, 4) is 0 Å². The van der Waals surface area contributed by atoms with E-state index >= 15 is 0 Å². The summed E-state index contributed by atoms with van der Waals surface area (Å²) >= 11 is 0. The summed E-state index contributed by atoms with van der Waals surface area (Å²) in [6, 6.07) is 12.6. The van der Waals surface area contributed by atoms with E-state index in [4.69, 9.17) is 9.47 Å². The van der Waals surface area contributed by atoms with Crippen LogP contribution in [0.2, 0.25) is 0 Å². The molecule has 0 spiro atoms. The lowest BCUT2D eigenvalue weighted by Gasteiger charge is -2.41. The molecular formula is C48H75N5O10. The minimum absolute atomic E-state index is 0.0668. The number of hydrogen-bond donors (Lipinski definition) is 4. The number of hydrogen-bond acceptors (Lipinski definition) is 9. The number of aromatic carboxylic acids is 1. The zero-order valence-corrected chi connectivity index (χ0v) is 39.6. The zero-order valence-electron chi connectivity index (χ0n) is 39.6. The van der Waals surface area contributed by atoms with E-state index in [9.17, 15) is 39.0 Å². The predicted molar refractivity (Wildman–Crippen MR) is 243 cm³/mol. The second-order valence-electron chi connectivity index (χ2n) is 17.4. The summed E-state index contributed by atoms with van der Waals surface area (Å²) in [6.07, 6.45) is 0.442. The molecule has 2 aromatic carbocycles. The van der Waals surface area contributed by atoms with Gasteiger partial charge >= 0.3 is 11.9 Å². The Labute approximate surface area is 375 Å². The summed E-state index contributed by atoms with van der Waals surface area (Å²) in [5.74, 6) is -4.78. The molecule has 0 fully saturated rings. The molecule has 0 bridgehead atoms. The van der Waals surface area contributed by atoms with Gasteiger partial charge in [0.2, 0.25) is 23.6 Å². The molecule has 0 aromatic heterocycles. The fourth-order valence-corrected chi connectivity index (χ4v) is 8.04. The lowest BCUT2D eigenvalue weighted by molar-refractivity contribution is -0.147. The molecular weight excluding hydrogens is 807 g/mol. The Hall–Kier alpha value is -4.86. The van der Waals surface area contributed by atoms with Gasteiger partial charge in [-0.15, -0.1) is 0 Å². The molecule has 0 radical (unpaired) electrons. The molecule has 15 heteroatoms. The van der Waals surface area contributed by atoms with E-state index < -0.39 is 60.1 Å². The molecule has 0 aliphatic rings. The summed E-state index contributed by atoms with van der Waals surface area (Å²) in [5.41, 5.74) is 1.91. The van der Waals surface area contributed by atoms with Gasteiger partial charge in [-0.1, -0.05) is 104 Å². The van der Waals surface area contributed by atoms with Crippen molar-refractivity contribution in [2.75, 3.05) is 47.9 Å². The van der Waals surface area contributed by atoms with Crippen molar-refractivity contribution < 1.29 is 48.5 Å². The fraction of sp³-hybridized carbons (Fsp3) is 0.625. The third-order valence-corrected chi connectivity index (χ3v) is 12.1. The Morgan fingerprint density at radius 1 is 0.730 bits per heavy atom. The number of aliphatic carboxylic acids is 1. The highest BCUT2D eigenvalue weighted by atomic mass is 16.5. The predicted octanol–water partition coefficient (Wildman–Crippen LogP) is 5.00. The minimum Gasteiger partial charge on any atom is -0.480 e. The van der Waals surface area contributed by atoms with Gasteiger partial charge < -0.3 is 40.1 Å². The number of likely N-dealkylation sites (N-methyl/N-ethyl adjacent to an activating group) is 2. The SMILES string of the molecule is CCCN(C[C@H](OC)[C@@H](C)C(=O)N[C@@H](Cc1ccccc1)C(=O)O)C(=O)C[C@@H](OC)[C@H]([C@@H](C)CC)N(C)C(=O)C(NC(=O)[C@H](C(C)C)N(C)CCc1ccc(C(=O)O)cc1)C(C)C. The molecule has 2 rings (SSSR count). The fourth-order valence-electron chi connectivity index (χ4n) is 8.04. The quantitative estimate of drug-likeness (QED) is 0.0898. The van der Waals surface area contributed by atoms with E-state index in [1.54, 1.807) is 72.3 Å². The molecule has 352 valence electrons. The molecule has 0 aliphatic carbocycles. The van der Waals surface area contributed by atoms with Crippen LogP contribution >= 0.6 is 0 Å². The number of rotatable bonds is 28. The van der Waals surface area contributed by atoms with Crippen LogP contribution in [0.1, 0.15) is 96.1 Å². The number of ether oxygens (including phenoxy) is 2. The van der Waals surface area contributed by atoms with E-state index in [1.807, 2.05) is 66.5 Å². The van der Waals surface area contributed by atoms with Crippen molar-refractivity contribution in [1.82, 2.24) is 25.3 Å². The maximum absolute atomic E-state index is 14.5. The first-order valence-corrected chi connectivity index (χ1v) is 22.2. The molecule has 8 atom stereocenters. The van der Waals surface area contributed by atoms with Gasteiger partial charge in [0.25, 0.3) is 0 Å². The topological polar surface area (TPSA) is 195 Å². The maximum atomic E-state index is 14.5. The molecule has 1 unspecified atom stereocenters. The van der Waals surface area contributed by atoms with Crippen molar-refractivity contribution in [1.29, 1.82) is 0 Å². The van der Waals surface area contributed by atoms with Gasteiger partial charge in [-0.3, -0.25) is 24.1 Å². The number of benzene rings is 2. The number of carboxylic acid groups (broad SMARTS) is 2. The van der Waals surface area contributed by atoms with Gasteiger partial charge in [-0.2, -0.15) is 0 Å². The number of amides is 4. The number of nitrogens with zero attached hydrogens (tertiary/aromatic N) is 3. The third-order valence-electron chi connectivity index (χ3n) is 12.1. The number of nitrogens with one attached hydrogen (secondary N) is 2. The minimum atomic E-state index is -1.16. The Morgan fingerprint density at radius 2 is 1.33 bits per heavy atom. The standard InChI is InChI=1S/C48H75N5O10/c1-13-25-53(29-39(63-12)33(8)44(55)49-37(48(60)61)27-35-18-16-15-17-19-35)40(54)28-38(62-11)43(32(7)14-2)52(10)46(57)41(30(3)4)50-45(56)42(31(5)6)51(9)26-24-34-20-22-36(23-21-34)47(58)59/h15-23,30-33,37-39,41-43H,13-14,24-29H2,1-12H3,(H,49,55)(H,50,56)(H,58,59)(H,60,61)/t32-,33+,37-,38+,39-,41?,42-,43-/m0/s1. The van der Waals surface area contributed by atoms with Crippen LogP contribution in [-0.4, -0.2) is 145 Å². The summed E-state index contributed by atoms with van der Waals surface area (Å²) < 4.78 is 11.8. The monoisotopic (exact) mass is 882 g/mol. The lowest BCUT2D eigenvalue weighted by atomic mass is 9.89. The highest BCUT2D eigenvalue weighted by Crippen LogP contribution is 2.25. The first-order valence-electron chi connectivity index (χ1n) is 22.2. The van der Waals surface area contributed by atoms with Crippen LogP contribution in [0.4, 0.5) is 0 Å². The van der Waals surface area contributed by atoms with E-state index in [-0.39, 0.29) is 60.4 Å². The Balaban J connectivity index is 2.26. The van der Waals surface area contributed by atoms with E-state index in [0.717, 1.165) is 11.1 Å². The molecule has 4 amide bonds. The van der Waals surface area contributed by atoms with Crippen LogP contribution < -0.4 is 10.6 Å². The summed E-state index contributed by atoms with van der Waals surface area (Å²) in [6.45, 7) is 16.2. The van der Waals surface area contributed by atoms with Crippen LogP contribution in [0.25, 0.3) is 0 Å². The van der Waals surface area contributed by atoms with Gasteiger partial charge in [-0.05, 0) is 60.9 Å². The highest BCUT2D eigenvalue weighted by Gasteiger charge is 2.40. The lowest BCUT2D eigenvalue weighted by Crippen LogP contribution is -2.60. The Morgan fingerprint density at radius 3 is 1.83 bits per heavy atom. The highest BCUT2D eigenvalue weighted by molar-refractivity contribution is 5.90. The Bertz CT molecular complexity index is 1760. The smallest absolute Gasteiger partial charge is 0.335 e. The van der Waals surface area contributed by atoms with Crippen LogP contribution in [0, 0.1) is 23.7 Å². The molecule has 0 heterocycles. The maximum Gasteiger partial charge on any atom is 0.335 e. The van der Waals surface area contributed by atoms with Crippen molar-refractivity contribution in [3.63, 3.8) is 0 Å². The van der Waals surface area contributed by atoms with Crippen molar-refractivity contribution >= 4 is 35.6 Å². The molecule has 2 aromatic rings. The number of carbonyl (C=O) groups excluding carboxylic acids is 4. The van der Waals surface area contributed by atoms with Crippen molar-refractivity contribution in [2.24, 2.45) is 23.7 Å². The second-order valence-corrected chi connectivity index (χ2v) is 17.4. The molecule has 4 N–H and O–H groups in total. The van der Waals surface area contributed by atoms with Crippen molar-refractivity contribution in [3.05, 3.63) is 71.3 Å². The van der Waals surface area contributed by atoms with Crippen LogP contribution in [0.15, 0.2) is 54.6 Å². The van der Waals surface area contributed by atoms with E-state index in [1.165, 1.54) is 14.2 Å².